The molecule has 0 amide bonds. The zero-order valence-corrected chi connectivity index (χ0v) is 32.2. The van der Waals surface area contributed by atoms with Gasteiger partial charge in [-0.3, -0.25) is 9.97 Å². The normalized spacial score (nSPS) is 11.7. The Kier molecular flexibility index (Phi) is 7.79. The van der Waals surface area contributed by atoms with Gasteiger partial charge >= 0.3 is 0 Å². The molecule has 4 aromatic heterocycles. The summed E-state index contributed by atoms with van der Waals surface area (Å²) >= 11 is 3.77. The van der Waals surface area contributed by atoms with Gasteiger partial charge in [0.25, 0.3) is 0 Å². The minimum atomic E-state index is 0.868. The van der Waals surface area contributed by atoms with Crippen LogP contribution in [-0.2, 0) is 0 Å². The van der Waals surface area contributed by atoms with Crippen molar-refractivity contribution in [2.75, 3.05) is 0 Å². The molecule has 0 N–H and O–H groups in total. The zero-order valence-electron chi connectivity index (χ0n) is 30.6. The Morgan fingerprint density at radius 2 is 0.741 bits per heavy atom. The lowest BCUT2D eigenvalue weighted by molar-refractivity contribution is 1.24. The van der Waals surface area contributed by atoms with E-state index in [9.17, 15) is 0 Å². The highest BCUT2D eigenvalue weighted by Gasteiger charge is 2.17. The summed E-state index contributed by atoms with van der Waals surface area (Å²) in [4.78, 5) is 9.65. The molecule has 0 saturated heterocycles. The Hall–Kier alpha value is -5.94. The molecule has 0 aliphatic rings. The molecule has 10 aromatic rings. The van der Waals surface area contributed by atoms with E-state index >= 15 is 0 Å². The summed E-state index contributed by atoms with van der Waals surface area (Å²) in [5.41, 5.74) is 16.6. The summed E-state index contributed by atoms with van der Waals surface area (Å²) in [6, 6.07) is 48.9. The van der Waals surface area contributed by atoms with Crippen molar-refractivity contribution in [2.45, 2.75) is 27.7 Å². The molecule has 0 unspecified atom stereocenters. The third kappa shape index (κ3) is 5.36. The fourth-order valence-electron chi connectivity index (χ4n) is 8.23. The van der Waals surface area contributed by atoms with Crippen molar-refractivity contribution in [3.8, 4) is 55.9 Å². The number of hydrogen-bond donors (Lipinski definition) is 0. The molecule has 0 atom stereocenters. The Morgan fingerprint density at radius 3 is 1.20 bits per heavy atom. The Bertz CT molecular complexity index is 2900. The number of aryl methyl sites for hydroxylation is 4. The molecular weight excluding hydrogens is 693 g/mol. The number of aromatic nitrogens is 2. The van der Waals surface area contributed by atoms with Gasteiger partial charge in [-0.1, -0.05) is 97.1 Å². The number of nitrogens with zero attached hydrogens (tertiary/aromatic N) is 2. The van der Waals surface area contributed by atoms with E-state index in [4.69, 9.17) is 9.97 Å². The molecule has 54 heavy (non-hydrogen) atoms. The standard InChI is InChI=1S/C50H36N2S2/c1-29-25-43(39-15-9-13-37-35-11-5-7-17-47(35)53-49(37)39)31(3)23-41(29)33-19-21-51-45(27-33)46-28-34(20-22-52-46)42-24-32(4)44(26-30(42)2)40-16-10-14-38-36-12-6-8-18-48(36)54-50(38)40/h5-28H,1-4H3. The predicted molar refractivity (Wildman–Crippen MR) is 234 cm³/mol. The summed E-state index contributed by atoms with van der Waals surface area (Å²) in [6.07, 6.45) is 3.83. The third-order valence-corrected chi connectivity index (χ3v) is 13.4. The first-order chi connectivity index (χ1) is 26.4. The first-order valence-corrected chi connectivity index (χ1v) is 20.0. The van der Waals surface area contributed by atoms with Gasteiger partial charge in [-0.05, 0) is 131 Å². The second kappa shape index (κ2) is 12.9. The summed E-state index contributed by atoms with van der Waals surface area (Å²) in [6.45, 7) is 8.91. The quantitative estimate of drug-likeness (QED) is 0.176. The highest BCUT2D eigenvalue weighted by Crippen LogP contribution is 2.44. The van der Waals surface area contributed by atoms with Crippen molar-refractivity contribution in [1.82, 2.24) is 9.97 Å². The van der Waals surface area contributed by atoms with E-state index < -0.39 is 0 Å². The van der Waals surface area contributed by atoms with Crippen LogP contribution in [0.15, 0.2) is 146 Å². The minimum absolute atomic E-state index is 0.868. The lowest BCUT2D eigenvalue weighted by Crippen LogP contribution is -1.94. The second-order valence-corrected chi connectivity index (χ2v) is 16.5. The molecule has 0 saturated carbocycles. The molecule has 0 aliphatic heterocycles. The zero-order chi connectivity index (χ0) is 36.5. The fourth-order valence-corrected chi connectivity index (χ4v) is 10.7. The Labute approximate surface area is 323 Å². The lowest BCUT2D eigenvalue weighted by Gasteiger charge is -2.15. The number of thiophene rings is 2. The highest BCUT2D eigenvalue weighted by atomic mass is 32.1. The average Bonchev–Trinajstić information content (AvgIpc) is 3.78. The van der Waals surface area contributed by atoms with Gasteiger partial charge in [0, 0.05) is 52.7 Å². The van der Waals surface area contributed by atoms with Crippen LogP contribution in [0.1, 0.15) is 22.3 Å². The van der Waals surface area contributed by atoms with Crippen molar-refractivity contribution < 1.29 is 0 Å². The van der Waals surface area contributed by atoms with E-state index in [1.165, 1.54) is 96.0 Å². The van der Waals surface area contributed by atoms with Gasteiger partial charge in [-0.25, -0.2) is 0 Å². The van der Waals surface area contributed by atoms with Gasteiger partial charge in [-0.2, -0.15) is 0 Å². The molecule has 0 fully saturated rings. The van der Waals surface area contributed by atoms with Crippen molar-refractivity contribution in [1.29, 1.82) is 0 Å². The number of hydrogen-bond acceptors (Lipinski definition) is 4. The van der Waals surface area contributed by atoms with Crippen molar-refractivity contribution in [3.05, 3.63) is 168 Å². The van der Waals surface area contributed by atoms with E-state index in [1.54, 1.807) is 0 Å². The first kappa shape index (κ1) is 32.7. The largest absolute Gasteiger partial charge is 0.255 e. The van der Waals surface area contributed by atoms with Gasteiger partial charge in [0.2, 0.25) is 0 Å². The maximum atomic E-state index is 4.82. The van der Waals surface area contributed by atoms with Crippen LogP contribution in [0.25, 0.3) is 96.2 Å². The maximum absolute atomic E-state index is 4.82. The summed E-state index contributed by atoms with van der Waals surface area (Å²) < 4.78 is 5.35. The van der Waals surface area contributed by atoms with E-state index in [0.29, 0.717) is 0 Å². The Morgan fingerprint density at radius 1 is 0.352 bits per heavy atom. The minimum Gasteiger partial charge on any atom is -0.255 e. The van der Waals surface area contributed by atoms with Crippen LogP contribution in [0.3, 0.4) is 0 Å². The van der Waals surface area contributed by atoms with Gasteiger partial charge in [-0.15, -0.1) is 22.7 Å². The predicted octanol–water partition coefficient (Wildman–Crippen LogP) is 14.8. The van der Waals surface area contributed by atoms with Crippen LogP contribution < -0.4 is 0 Å². The van der Waals surface area contributed by atoms with Crippen LogP contribution in [0.5, 0.6) is 0 Å². The van der Waals surface area contributed by atoms with Crippen molar-refractivity contribution in [3.63, 3.8) is 0 Å². The summed E-state index contributed by atoms with van der Waals surface area (Å²) in [5, 5.41) is 5.31. The van der Waals surface area contributed by atoms with E-state index in [1.807, 2.05) is 35.1 Å². The van der Waals surface area contributed by atoms with Crippen LogP contribution in [0.2, 0.25) is 0 Å². The Balaban J connectivity index is 0.993. The van der Waals surface area contributed by atoms with Crippen LogP contribution >= 0.6 is 22.7 Å². The van der Waals surface area contributed by atoms with Crippen LogP contribution in [-0.4, -0.2) is 9.97 Å². The summed E-state index contributed by atoms with van der Waals surface area (Å²) in [5.74, 6) is 0. The maximum Gasteiger partial charge on any atom is 0.0892 e. The second-order valence-electron chi connectivity index (χ2n) is 14.4. The monoisotopic (exact) mass is 728 g/mol. The van der Waals surface area contributed by atoms with Gasteiger partial charge in [0.1, 0.15) is 0 Å². The molecule has 0 aliphatic carbocycles. The molecule has 258 valence electrons. The fraction of sp³-hybridized carbons (Fsp3) is 0.0800. The lowest BCUT2D eigenvalue weighted by atomic mass is 9.91. The molecule has 0 spiro atoms. The molecule has 6 aromatic carbocycles. The average molecular weight is 729 g/mol. The molecule has 4 heteroatoms. The van der Waals surface area contributed by atoms with Gasteiger partial charge in [0.15, 0.2) is 0 Å². The molecule has 0 radical (unpaired) electrons. The van der Waals surface area contributed by atoms with Gasteiger partial charge in [0.05, 0.1) is 11.4 Å². The van der Waals surface area contributed by atoms with Crippen molar-refractivity contribution in [2.24, 2.45) is 0 Å². The SMILES string of the molecule is Cc1cc(-c2cccc3c2sc2ccccc23)c(C)cc1-c1ccnc(-c2cc(-c3cc(C)c(-c4cccc5c4sc4ccccc45)cc3C)ccn2)c1. The third-order valence-electron chi connectivity index (χ3n) is 10.9. The number of pyridine rings is 2. The molecule has 0 bridgehead atoms. The van der Waals surface area contributed by atoms with Gasteiger partial charge < -0.3 is 0 Å². The van der Waals surface area contributed by atoms with Crippen LogP contribution in [0, 0.1) is 27.7 Å². The van der Waals surface area contributed by atoms with Crippen LogP contribution in [0.4, 0.5) is 0 Å². The number of rotatable bonds is 5. The number of fused-ring (bicyclic) bond motifs is 6. The molecular formula is C50H36N2S2. The molecule has 4 heterocycles. The summed E-state index contributed by atoms with van der Waals surface area (Å²) in [7, 11) is 0. The number of benzene rings is 6. The van der Waals surface area contributed by atoms with E-state index in [-0.39, 0.29) is 0 Å². The molecule has 2 nitrogen and oxygen atoms in total. The smallest absolute Gasteiger partial charge is 0.0892 e. The first-order valence-electron chi connectivity index (χ1n) is 18.4. The van der Waals surface area contributed by atoms with E-state index in [0.717, 1.165) is 22.5 Å². The molecule has 10 rings (SSSR count). The topological polar surface area (TPSA) is 25.8 Å². The van der Waals surface area contributed by atoms with E-state index in [2.05, 4.69) is 161 Å². The van der Waals surface area contributed by atoms with Crippen molar-refractivity contribution >= 4 is 63.0 Å². The highest BCUT2D eigenvalue weighted by molar-refractivity contribution is 7.26.